The van der Waals surface area contributed by atoms with E-state index in [-0.39, 0.29) is 11.9 Å². The molecule has 3 nitrogen and oxygen atoms in total. The van der Waals surface area contributed by atoms with Crippen molar-refractivity contribution in [3.63, 3.8) is 0 Å². The van der Waals surface area contributed by atoms with Crippen LogP contribution in [-0.2, 0) is 4.79 Å². The third-order valence-corrected chi connectivity index (χ3v) is 3.69. The van der Waals surface area contributed by atoms with E-state index in [1.807, 2.05) is 0 Å². The monoisotopic (exact) mass is 226 g/mol. The average molecular weight is 226 g/mol. The molecule has 1 amide bonds. The molecule has 0 radical (unpaired) electrons. The molecule has 1 aliphatic rings. The van der Waals surface area contributed by atoms with Crippen LogP contribution >= 0.6 is 0 Å². The van der Waals surface area contributed by atoms with E-state index in [1.165, 1.54) is 32.1 Å². The Morgan fingerprint density at radius 1 is 1.31 bits per heavy atom. The summed E-state index contributed by atoms with van der Waals surface area (Å²) in [6.07, 6.45) is 6.39. The number of amides is 1. The third kappa shape index (κ3) is 3.21. The first kappa shape index (κ1) is 13.5. The molecule has 1 unspecified atom stereocenters. The molecular formula is C13H26N2O. The molecule has 94 valence electrons. The van der Waals surface area contributed by atoms with Crippen molar-refractivity contribution in [3.05, 3.63) is 0 Å². The lowest BCUT2D eigenvalue weighted by Gasteiger charge is -2.39. The van der Waals surface area contributed by atoms with Crippen LogP contribution in [0.5, 0.6) is 0 Å². The summed E-state index contributed by atoms with van der Waals surface area (Å²) in [6, 6.07) is 0.478. The Morgan fingerprint density at radius 2 is 1.88 bits per heavy atom. The summed E-state index contributed by atoms with van der Waals surface area (Å²) in [5.74, 6) is 0.141. The molecule has 0 aromatic heterocycles. The Balaban J connectivity index is 2.72. The lowest BCUT2D eigenvalue weighted by Crippen LogP contribution is -2.52. The van der Waals surface area contributed by atoms with Gasteiger partial charge in [-0.15, -0.1) is 0 Å². The molecule has 1 saturated carbocycles. The second-order valence-electron chi connectivity index (χ2n) is 5.21. The summed E-state index contributed by atoms with van der Waals surface area (Å²) in [5.41, 5.74) is 5.54. The quantitative estimate of drug-likeness (QED) is 0.780. The van der Waals surface area contributed by atoms with Crippen molar-refractivity contribution in [1.29, 1.82) is 0 Å². The van der Waals surface area contributed by atoms with Crippen LogP contribution in [0.3, 0.4) is 0 Å². The number of primary amides is 1. The Bertz CT molecular complexity index is 222. The van der Waals surface area contributed by atoms with Crippen LogP contribution in [0.2, 0.25) is 0 Å². The second kappa shape index (κ2) is 6.24. The molecule has 0 spiro atoms. The van der Waals surface area contributed by atoms with E-state index in [0.29, 0.717) is 12.0 Å². The standard InChI is InChI=1S/C13H26N2O/c1-4-15(11-8-6-5-7-9-11)12(10(2)3)13(14)16/h10-12H,4-9H2,1-3H3,(H2,14,16). The maximum atomic E-state index is 11.6. The summed E-state index contributed by atoms with van der Waals surface area (Å²) in [6.45, 7) is 7.23. The highest BCUT2D eigenvalue weighted by Gasteiger charge is 2.31. The van der Waals surface area contributed by atoms with Gasteiger partial charge in [0.15, 0.2) is 0 Å². The van der Waals surface area contributed by atoms with E-state index in [9.17, 15) is 4.79 Å². The molecule has 0 heterocycles. The minimum absolute atomic E-state index is 0.0897. The molecule has 0 aliphatic heterocycles. The van der Waals surface area contributed by atoms with Crippen molar-refractivity contribution >= 4 is 5.91 Å². The molecule has 1 aliphatic carbocycles. The maximum absolute atomic E-state index is 11.6. The highest BCUT2D eigenvalue weighted by Crippen LogP contribution is 2.25. The summed E-state index contributed by atoms with van der Waals surface area (Å²) >= 11 is 0. The zero-order valence-electron chi connectivity index (χ0n) is 10.9. The fraction of sp³-hybridized carbons (Fsp3) is 0.923. The fourth-order valence-electron chi connectivity index (χ4n) is 2.97. The predicted molar refractivity (Wildman–Crippen MR) is 67.1 cm³/mol. The Morgan fingerprint density at radius 3 is 2.25 bits per heavy atom. The van der Waals surface area contributed by atoms with Crippen LogP contribution in [0.4, 0.5) is 0 Å². The van der Waals surface area contributed by atoms with Crippen molar-refractivity contribution in [2.45, 2.75) is 65.0 Å². The lowest BCUT2D eigenvalue weighted by molar-refractivity contribution is -0.126. The van der Waals surface area contributed by atoms with Gasteiger partial charge in [0, 0.05) is 6.04 Å². The van der Waals surface area contributed by atoms with Gasteiger partial charge in [-0.3, -0.25) is 9.69 Å². The van der Waals surface area contributed by atoms with Crippen LogP contribution in [0.15, 0.2) is 0 Å². The highest BCUT2D eigenvalue weighted by molar-refractivity contribution is 5.80. The van der Waals surface area contributed by atoms with Crippen LogP contribution in [-0.4, -0.2) is 29.4 Å². The second-order valence-corrected chi connectivity index (χ2v) is 5.21. The third-order valence-electron chi connectivity index (χ3n) is 3.69. The van der Waals surface area contributed by atoms with Gasteiger partial charge in [0.05, 0.1) is 6.04 Å². The molecule has 3 heteroatoms. The normalized spacial score (nSPS) is 20.3. The van der Waals surface area contributed by atoms with Gasteiger partial charge in [-0.2, -0.15) is 0 Å². The fourth-order valence-corrected chi connectivity index (χ4v) is 2.97. The van der Waals surface area contributed by atoms with Crippen molar-refractivity contribution in [2.24, 2.45) is 11.7 Å². The number of rotatable bonds is 5. The van der Waals surface area contributed by atoms with E-state index >= 15 is 0 Å². The molecule has 16 heavy (non-hydrogen) atoms. The lowest BCUT2D eigenvalue weighted by atomic mass is 9.91. The predicted octanol–water partition coefficient (Wildman–Crippen LogP) is 2.15. The van der Waals surface area contributed by atoms with E-state index in [4.69, 9.17) is 5.73 Å². The zero-order chi connectivity index (χ0) is 12.1. The van der Waals surface area contributed by atoms with Crippen molar-refractivity contribution in [1.82, 2.24) is 4.90 Å². The van der Waals surface area contributed by atoms with Gasteiger partial charge in [0.1, 0.15) is 0 Å². The molecule has 0 aromatic rings. The molecular weight excluding hydrogens is 200 g/mol. The van der Waals surface area contributed by atoms with Gasteiger partial charge in [-0.1, -0.05) is 40.0 Å². The Kier molecular flexibility index (Phi) is 5.26. The summed E-state index contributed by atoms with van der Waals surface area (Å²) in [7, 11) is 0. The molecule has 0 saturated heterocycles. The van der Waals surface area contributed by atoms with Crippen LogP contribution < -0.4 is 5.73 Å². The van der Waals surface area contributed by atoms with Gasteiger partial charge in [0.25, 0.3) is 0 Å². The largest absolute Gasteiger partial charge is 0.368 e. The minimum Gasteiger partial charge on any atom is -0.368 e. The molecule has 1 atom stereocenters. The number of carbonyl (C=O) groups excluding carboxylic acids is 1. The highest BCUT2D eigenvalue weighted by atomic mass is 16.1. The first-order valence-electron chi connectivity index (χ1n) is 6.63. The first-order valence-corrected chi connectivity index (χ1v) is 6.63. The SMILES string of the molecule is CCN(C1CCCCC1)C(C(N)=O)C(C)C. The summed E-state index contributed by atoms with van der Waals surface area (Å²) in [4.78, 5) is 13.9. The van der Waals surface area contributed by atoms with E-state index in [2.05, 4.69) is 25.7 Å². The zero-order valence-corrected chi connectivity index (χ0v) is 10.9. The van der Waals surface area contributed by atoms with E-state index in [0.717, 1.165) is 6.54 Å². The van der Waals surface area contributed by atoms with Gasteiger partial charge in [-0.25, -0.2) is 0 Å². The molecule has 2 N–H and O–H groups in total. The average Bonchev–Trinajstić information content (AvgIpc) is 2.25. The number of likely N-dealkylation sites (N-methyl/N-ethyl adjacent to an activating group) is 1. The molecule has 0 aromatic carbocycles. The number of hydrogen-bond acceptors (Lipinski definition) is 2. The number of hydrogen-bond donors (Lipinski definition) is 1. The van der Waals surface area contributed by atoms with Crippen LogP contribution in [0.25, 0.3) is 0 Å². The topological polar surface area (TPSA) is 46.3 Å². The van der Waals surface area contributed by atoms with Gasteiger partial charge >= 0.3 is 0 Å². The molecule has 1 fully saturated rings. The van der Waals surface area contributed by atoms with Crippen LogP contribution in [0, 0.1) is 5.92 Å². The summed E-state index contributed by atoms with van der Waals surface area (Å²) < 4.78 is 0. The van der Waals surface area contributed by atoms with Gasteiger partial charge in [-0.05, 0) is 25.3 Å². The Hall–Kier alpha value is -0.570. The Labute approximate surface area is 99.4 Å². The molecule has 1 rings (SSSR count). The van der Waals surface area contributed by atoms with E-state index < -0.39 is 0 Å². The number of carbonyl (C=O) groups is 1. The van der Waals surface area contributed by atoms with E-state index in [1.54, 1.807) is 0 Å². The minimum atomic E-state index is -0.164. The van der Waals surface area contributed by atoms with Crippen molar-refractivity contribution in [2.75, 3.05) is 6.54 Å². The van der Waals surface area contributed by atoms with Gasteiger partial charge in [0.2, 0.25) is 5.91 Å². The first-order chi connectivity index (χ1) is 7.57. The molecule has 0 bridgehead atoms. The van der Waals surface area contributed by atoms with Gasteiger partial charge < -0.3 is 5.73 Å². The van der Waals surface area contributed by atoms with Crippen molar-refractivity contribution in [3.8, 4) is 0 Å². The van der Waals surface area contributed by atoms with Crippen molar-refractivity contribution < 1.29 is 4.79 Å². The number of nitrogens with two attached hydrogens (primary N) is 1. The maximum Gasteiger partial charge on any atom is 0.235 e. The van der Waals surface area contributed by atoms with Crippen LogP contribution in [0.1, 0.15) is 52.9 Å². The number of nitrogens with zero attached hydrogens (tertiary/aromatic N) is 1. The summed E-state index contributed by atoms with van der Waals surface area (Å²) in [5, 5.41) is 0. The smallest absolute Gasteiger partial charge is 0.235 e.